The summed E-state index contributed by atoms with van der Waals surface area (Å²) in [6.45, 7) is 0.254. The summed E-state index contributed by atoms with van der Waals surface area (Å²) in [6.07, 6.45) is 2.79. The van der Waals surface area contributed by atoms with Gasteiger partial charge in [-0.25, -0.2) is 0 Å². The summed E-state index contributed by atoms with van der Waals surface area (Å²) < 4.78 is 5.20. The van der Waals surface area contributed by atoms with E-state index in [4.69, 9.17) is 21.2 Å². The lowest BCUT2D eigenvalue weighted by Gasteiger charge is -2.19. The van der Waals surface area contributed by atoms with Gasteiger partial charge in [0.1, 0.15) is 5.75 Å². The highest BCUT2D eigenvalue weighted by molar-refractivity contribution is 6.34. The predicted molar refractivity (Wildman–Crippen MR) is 108 cm³/mol. The molecule has 2 heterocycles. The first-order valence-electron chi connectivity index (χ1n) is 8.95. The Bertz CT molecular complexity index is 920. The van der Waals surface area contributed by atoms with Crippen molar-refractivity contribution in [2.24, 2.45) is 5.16 Å². The summed E-state index contributed by atoms with van der Waals surface area (Å²) >= 11 is 6.23. The van der Waals surface area contributed by atoms with Crippen LogP contribution in [0.5, 0.6) is 5.75 Å². The second-order valence-electron chi connectivity index (χ2n) is 6.51. The number of nitrogens with zero attached hydrogens (tertiary/aromatic N) is 3. The van der Waals surface area contributed by atoms with Crippen LogP contribution < -0.4 is 10.1 Å². The SMILES string of the molecule is COc1ccc(Cl)c(C2=NOC(C(=O)N(C)CC(=O)NCc3cccnc3)C2)c1. The van der Waals surface area contributed by atoms with E-state index in [1.807, 2.05) is 6.07 Å². The maximum atomic E-state index is 12.6. The third-order valence-electron chi connectivity index (χ3n) is 4.40. The largest absolute Gasteiger partial charge is 0.497 e. The van der Waals surface area contributed by atoms with Crippen molar-refractivity contribution in [1.82, 2.24) is 15.2 Å². The molecule has 9 heteroatoms. The Balaban J connectivity index is 1.53. The zero-order valence-electron chi connectivity index (χ0n) is 16.1. The van der Waals surface area contributed by atoms with Crippen molar-refractivity contribution >= 4 is 29.1 Å². The molecule has 1 unspecified atom stereocenters. The Morgan fingerprint density at radius 2 is 2.21 bits per heavy atom. The Kier molecular flexibility index (Phi) is 6.66. The van der Waals surface area contributed by atoms with Crippen LogP contribution in [0.1, 0.15) is 17.5 Å². The third kappa shape index (κ3) is 5.23. The molecule has 2 aromatic rings. The number of hydrogen-bond donors (Lipinski definition) is 1. The highest BCUT2D eigenvalue weighted by atomic mass is 35.5. The van der Waals surface area contributed by atoms with Gasteiger partial charge in [-0.15, -0.1) is 0 Å². The highest BCUT2D eigenvalue weighted by Gasteiger charge is 2.32. The number of amides is 2. The summed E-state index contributed by atoms with van der Waals surface area (Å²) in [5, 5.41) is 7.25. The summed E-state index contributed by atoms with van der Waals surface area (Å²) in [4.78, 5) is 35.3. The molecule has 0 saturated heterocycles. The molecule has 152 valence electrons. The number of aromatic nitrogens is 1. The summed E-state index contributed by atoms with van der Waals surface area (Å²) in [6, 6.07) is 8.83. The van der Waals surface area contributed by atoms with Crippen LogP contribution in [-0.4, -0.2) is 54.2 Å². The molecule has 1 aromatic carbocycles. The summed E-state index contributed by atoms with van der Waals surface area (Å²) in [5.74, 6) is 0.0169. The lowest BCUT2D eigenvalue weighted by molar-refractivity contribution is -0.143. The van der Waals surface area contributed by atoms with Crippen LogP contribution in [-0.2, 0) is 21.0 Å². The lowest BCUT2D eigenvalue weighted by Crippen LogP contribution is -2.42. The fraction of sp³-hybridized carbons (Fsp3) is 0.300. The molecule has 29 heavy (non-hydrogen) atoms. The van der Waals surface area contributed by atoms with Gasteiger partial charge < -0.3 is 19.8 Å². The first-order valence-corrected chi connectivity index (χ1v) is 9.33. The smallest absolute Gasteiger partial charge is 0.267 e. The van der Waals surface area contributed by atoms with Gasteiger partial charge in [0.05, 0.1) is 24.4 Å². The molecule has 1 aliphatic heterocycles. The molecule has 1 N–H and O–H groups in total. The number of benzene rings is 1. The van der Waals surface area contributed by atoms with Gasteiger partial charge in [0, 0.05) is 38.0 Å². The summed E-state index contributed by atoms with van der Waals surface area (Å²) in [7, 11) is 3.10. The van der Waals surface area contributed by atoms with Crippen molar-refractivity contribution in [1.29, 1.82) is 0 Å². The van der Waals surface area contributed by atoms with Crippen LogP contribution >= 0.6 is 11.6 Å². The van der Waals surface area contributed by atoms with Crippen LogP contribution in [0.25, 0.3) is 0 Å². The van der Waals surface area contributed by atoms with E-state index in [9.17, 15) is 9.59 Å². The molecule has 0 bridgehead atoms. The fourth-order valence-electron chi connectivity index (χ4n) is 2.82. The molecule has 1 atom stereocenters. The topological polar surface area (TPSA) is 93.1 Å². The van der Waals surface area contributed by atoms with E-state index in [1.165, 1.54) is 4.90 Å². The minimum absolute atomic E-state index is 0.0891. The molecule has 8 nitrogen and oxygen atoms in total. The molecular weight excluding hydrogens is 396 g/mol. The minimum Gasteiger partial charge on any atom is -0.497 e. The number of hydrogen-bond acceptors (Lipinski definition) is 6. The maximum absolute atomic E-state index is 12.6. The Morgan fingerprint density at radius 1 is 1.38 bits per heavy atom. The number of carbonyl (C=O) groups excluding carboxylic acids is 2. The fourth-order valence-corrected chi connectivity index (χ4v) is 3.05. The zero-order valence-corrected chi connectivity index (χ0v) is 16.8. The van der Waals surface area contributed by atoms with Gasteiger partial charge in [0.2, 0.25) is 12.0 Å². The normalized spacial score (nSPS) is 15.3. The zero-order chi connectivity index (χ0) is 20.8. The number of pyridine rings is 1. The Morgan fingerprint density at radius 3 is 2.93 bits per heavy atom. The van der Waals surface area contributed by atoms with E-state index >= 15 is 0 Å². The van der Waals surface area contributed by atoms with Crippen molar-refractivity contribution in [3.05, 3.63) is 58.9 Å². The number of oxime groups is 1. The van der Waals surface area contributed by atoms with Crippen LogP contribution in [0.3, 0.4) is 0 Å². The molecule has 1 aliphatic rings. The molecule has 0 radical (unpaired) electrons. The third-order valence-corrected chi connectivity index (χ3v) is 4.73. The second-order valence-corrected chi connectivity index (χ2v) is 6.92. The molecule has 0 spiro atoms. The first kappa shape index (κ1) is 20.6. The minimum atomic E-state index is -0.802. The van der Waals surface area contributed by atoms with Crippen LogP contribution in [0.2, 0.25) is 5.02 Å². The van der Waals surface area contributed by atoms with Gasteiger partial charge in [-0.05, 0) is 29.8 Å². The number of ether oxygens (including phenoxy) is 1. The summed E-state index contributed by atoms with van der Waals surface area (Å²) in [5.41, 5.74) is 2.09. The number of carbonyl (C=O) groups is 2. The number of methoxy groups -OCH3 is 1. The second kappa shape index (κ2) is 9.38. The van der Waals surface area contributed by atoms with Gasteiger partial charge in [0.25, 0.3) is 5.91 Å². The Hall–Kier alpha value is -3.13. The van der Waals surface area contributed by atoms with Crippen molar-refractivity contribution < 1.29 is 19.2 Å². The van der Waals surface area contributed by atoms with E-state index in [-0.39, 0.29) is 24.8 Å². The van der Waals surface area contributed by atoms with E-state index in [0.29, 0.717) is 28.6 Å². The number of rotatable bonds is 7. The number of halogens is 1. The van der Waals surface area contributed by atoms with Crippen molar-refractivity contribution in [2.75, 3.05) is 20.7 Å². The molecule has 0 fully saturated rings. The van der Waals surface area contributed by atoms with Crippen LogP contribution in [0.4, 0.5) is 0 Å². The van der Waals surface area contributed by atoms with Gasteiger partial charge in [-0.3, -0.25) is 14.6 Å². The molecule has 2 amide bonds. The maximum Gasteiger partial charge on any atom is 0.267 e. The van der Waals surface area contributed by atoms with Gasteiger partial charge in [0.15, 0.2) is 0 Å². The molecular formula is C20H21ClN4O4. The average Bonchev–Trinajstić information content (AvgIpc) is 3.22. The standard InChI is InChI=1S/C20H21ClN4O4/c1-25(12-19(26)23-11-13-4-3-7-22-10-13)20(27)18-9-17(24-29-18)15-8-14(28-2)5-6-16(15)21/h3-8,10,18H,9,11-12H2,1-2H3,(H,23,26). The molecule has 1 aromatic heterocycles. The lowest BCUT2D eigenvalue weighted by atomic mass is 10.0. The Labute approximate surface area is 173 Å². The van der Waals surface area contributed by atoms with Gasteiger partial charge in [-0.2, -0.15) is 0 Å². The molecule has 0 saturated carbocycles. The monoisotopic (exact) mass is 416 g/mol. The van der Waals surface area contributed by atoms with Gasteiger partial charge >= 0.3 is 0 Å². The van der Waals surface area contributed by atoms with Crippen LogP contribution in [0, 0.1) is 0 Å². The van der Waals surface area contributed by atoms with E-state index in [1.54, 1.807) is 50.8 Å². The molecule has 0 aliphatic carbocycles. The van der Waals surface area contributed by atoms with E-state index < -0.39 is 6.10 Å². The van der Waals surface area contributed by atoms with Gasteiger partial charge in [-0.1, -0.05) is 22.8 Å². The van der Waals surface area contributed by atoms with E-state index in [0.717, 1.165) is 5.56 Å². The number of nitrogens with one attached hydrogen (secondary N) is 1. The number of likely N-dealkylation sites (N-methyl/N-ethyl adjacent to an activating group) is 1. The van der Waals surface area contributed by atoms with E-state index in [2.05, 4.69) is 15.5 Å². The average molecular weight is 417 g/mol. The van der Waals surface area contributed by atoms with Crippen molar-refractivity contribution in [3.8, 4) is 5.75 Å². The quantitative estimate of drug-likeness (QED) is 0.745. The predicted octanol–water partition coefficient (Wildman–Crippen LogP) is 2.01. The first-order chi connectivity index (χ1) is 14.0. The van der Waals surface area contributed by atoms with Crippen LogP contribution in [0.15, 0.2) is 47.9 Å². The highest BCUT2D eigenvalue weighted by Crippen LogP contribution is 2.27. The van der Waals surface area contributed by atoms with Crippen molar-refractivity contribution in [2.45, 2.75) is 19.1 Å². The van der Waals surface area contributed by atoms with Crippen molar-refractivity contribution in [3.63, 3.8) is 0 Å². The molecule has 3 rings (SSSR count).